The quantitative estimate of drug-likeness (QED) is 0.785. The Morgan fingerprint density at radius 3 is 2.53 bits per heavy atom. The molecule has 19 heavy (non-hydrogen) atoms. The predicted molar refractivity (Wildman–Crippen MR) is 81.1 cm³/mol. The number of fused-ring (bicyclic) bond motifs is 1. The second kappa shape index (κ2) is 5.37. The molecular formula is C17H32N2. The average Bonchev–Trinajstić information content (AvgIpc) is 2.41. The van der Waals surface area contributed by atoms with E-state index >= 15 is 0 Å². The van der Waals surface area contributed by atoms with Crippen molar-refractivity contribution in [1.29, 1.82) is 0 Å². The van der Waals surface area contributed by atoms with Crippen LogP contribution in [-0.2, 0) is 0 Å². The number of rotatable bonds is 1. The van der Waals surface area contributed by atoms with Gasteiger partial charge in [-0.1, -0.05) is 26.7 Å². The van der Waals surface area contributed by atoms with Gasteiger partial charge >= 0.3 is 0 Å². The zero-order valence-corrected chi connectivity index (χ0v) is 12.9. The summed E-state index contributed by atoms with van der Waals surface area (Å²) in [5.74, 6) is 0.986. The Balaban J connectivity index is 1.75. The Labute approximate surface area is 119 Å². The summed E-state index contributed by atoms with van der Waals surface area (Å²) in [6.45, 7) is 6.19. The third-order valence-electron chi connectivity index (χ3n) is 6.12. The Hall–Kier alpha value is -0.0800. The maximum atomic E-state index is 6.51. The maximum absolute atomic E-state index is 6.51. The van der Waals surface area contributed by atoms with Crippen LogP contribution in [0.15, 0.2) is 0 Å². The second-order valence-electron chi connectivity index (χ2n) is 8.13. The number of hydrogen-bond acceptors (Lipinski definition) is 2. The van der Waals surface area contributed by atoms with Crippen molar-refractivity contribution in [2.45, 2.75) is 89.8 Å². The van der Waals surface area contributed by atoms with E-state index in [0.717, 1.165) is 12.0 Å². The highest BCUT2D eigenvalue weighted by Crippen LogP contribution is 2.42. The molecule has 0 radical (unpaired) electrons. The van der Waals surface area contributed by atoms with Gasteiger partial charge in [0.1, 0.15) is 0 Å². The van der Waals surface area contributed by atoms with E-state index in [-0.39, 0.29) is 0 Å². The molecule has 1 aliphatic heterocycles. The minimum absolute atomic E-state index is 0.425. The van der Waals surface area contributed by atoms with E-state index in [4.69, 9.17) is 5.73 Å². The SMILES string of the molecule is CC1(C)CCC(N)C(N2CCC[C@H]3CCCC[C@H]32)C1. The fourth-order valence-corrected chi connectivity index (χ4v) is 5.01. The van der Waals surface area contributed by atoms with Gasteiger partial charge in [-0.25, -0.2) is 0 Å². The maximum Gasteiger partial charge on any atom is 0.0255 e. The van der Waals surface area contributed by atoms with E-state index in [0.29, 0.717) is 17.5 Å². The van der Waals surface area contributed by atoms with Gasteiger partial charge in [-0.2, -0.15) is 0 Å². The molecule has 0 spiro atoms. The molecule has 2 N–H and O–H groups in total. The second-order valence-corrected chi connectivity index (χ2v) is 8.13. The van der Waals surface area contributed by atoms with Crippen LogP contribution in [0.1, 0.15) is 71.6 Å². The van der Waals surface area contributed by atoms with Gasteiger partial charge in [0.25, 0.3) is 0 Å². The molecule has 0 aromatic heterocycles. The number of nitrogens with zero attached hydrogens (tertiary/aromatic N) is 1. The fourth-order valence-electron chi connectivity index (χ4n) is 5.01. The first-order valence-electron chi connectivity index (χ1n) is 8.58. The van der Waals surface area contributed by atoms with E-state index < -0.39 is 0 Å². The van der Waals surface area contributed by atoms with Crippen LogP contribution in [0, 0.1) is 11.3 Å². The Bertz CT molecular complexity index is 310. The molecular weight excluding hydrogens is 232 g/mol. The van der Waals surface area contributed by atoms with Crippen LogP contribution >= 0.6 is 0 Å². The third kappa shape index (κ3) is 2.85. The average molecular weight is 264 g/mol. The van der Waals surface area contributed by atoms with Crippen molar-refractivity contribution in [1.82, 2.24) is 4.90 Å². The van der Waals surface area contributed by atoms with Crippen molar-refractivity contribution >= 4 is 0 Å². The molecule has 110 valence electrons. The lowest BCUT2D eigenvalue weighted by Crippen LogP contribution is -2.59. The minimum Gasteiger partial charge on any atom is -0.326 e. The highest BCUT2D eigenvalue weighted by molar-refractivity contribution is 4.98. The summed E-state index contributed by atoms with van der Waals surface area (Å²) in [7, 11) is 0. The number of nitrogens with two attached hydrogens (primary N) is 1. The molecule has 1 heterocycles. The van der Waals surface area contributed by atoms with Crippen molar-refractivity contribution < 1.29 is 0 Å². The van der Waals surface area contributed by atoms with Gasteiger partial charge in [0.15, 0.2) is 0 Å². The molecule has 4 atom stereocenters. The van der Waals surface area contributed by atoms with Crippen molar-refractivity contribution in [2.24, 2.45) is 17.1 Å². The van der Waals surface area contributed by atoms with Gasteiger partial charge in [-0.15, -0.1) is 0 Å². The largest absolute Gasteiger partial charge is 0.326 e. The molecule has 3 fully saturated rings. The summed E-state index contributed by atoms with van der Waals surface area (Å²) in [4.78, 5) is 2.86. The van der Waals surface area contributed by atoms with E-state index in [1.54, 1.807) is 0 Å². The molecule has 2 unspecified atom stereocenters. The van der Waals surface area contributed by atoms with Gasteiger partial charge in [0.05, 0.1) is 0 Å². The molecule has 1 saturated heterocycles. The van der Waals surface area contributed by atoms with Crippen LogP contribution in [0.5, 0.6) is 0 Å². The summed E-state index contributed by atoms with van der Waals surface area (Å²) in [5, 5.41) is 0. The fraction of sp³-hybridized carbons (Fsp3) is 1.00. The lowest BCUT2D eigenvalue weighted by Gasteiger charge is -2.52. The van der Waals surface area contributed by atoms with Crippen LogP contribution in [0.4, 0.5) is 0 Å². The normalized spacial score (nSPS) is 43.7. The van der Waals surface area contributed by atoms with E-state index in [2.05, 4.69) is 18.7 Å². The van der Waals surface area contributed by atoms with E-state index in [9.17, 15) is 0 Å². The van der Waals surface area contributed by atoms with Crippen molar-refractivity contribution in [2.75, 3.05) is 6.54 Å². The van der Waals surface area contributed by atoms with Crippen LogP contribution in [0.2, 0.25) is 0 Å². The molecule has 0 aromatic carbocycles. The first-order chi connectivity index (χ1) is 9.07. The monoisotopic (exact) mass is 264 g/mol. The van der Waals surface area contributed by atoms with Crippen LogP contribution in [0.3, 0.4) is 0 Å². The molecule has 3 rings (SSSR count). The summed E-state index contributed by atoms with van der Waals surface area (Å²) >= 11 is 0. The first-order valence-corrected chi connectivity index (χ1v) is 8.58. The van der Waals surface area contributed by atoms with E-state index in [1.807, 2.05) is 0 Å². The summed E-state index contributed by atoms with van der Waals surface area (Å²) in [5.41, 5.74) is 7.01. The number of hydrogen-bond donors (Lipinski definition) is 1. The van der Waals surface area contributed by atoms with E-state index in [1.165, 1.54) is 64.3 Å². The smallest absolute Gasteiger partial charge is 0.0255 e. The van der Waals surface area contributed by atoms with Crippen LogP contribution in [0.25, 0.3) is 0 Å². The van der Waals surface area contributed by atoms with Crippen LogP contribution < -0.4 is 5.73 Å². The minimum atomic E-state index is 0.425. The Morgan fingerprint density at radius 2 is 1.68 bits per heavy atom. The number of piperidine rings is 1. The lowest BCUT2D eigenvalue weighted by molar-refractivity contribution is -0.0146. The topological polar surface area (TPSA) is 29.3 Å². The Kier molecular flexibility index (Phi) is 3.92. The van der Waals surface area contributed by atoms with Gasteiger partial charge in [-0.05, 0) is 62.8 Å². The molecule has 3 aliphatic rings. The highest BCUT2D eigenvalue weighted by Gasteiger charge is 2.42. The molecule has 2 heteroatoms. The molecule has 2 saturated carbocycles. The summed E-state index contributed by atoms with van der Waals surface area (Å²) < 4.78 is 0. The molecule has 0 amide bonds. The van der Waals surface area contributed by atoms with Crippen LogP contribution in [-0.4, -0.2) is 29.6 Å². The summed E-state index contributed by atoms with van der Waals surface area (Å²) in [6.07, 6.45) is 12.6. The highest BCUT2D eigenvalue weighted by atomic mass is 15.2. The molecule has 0 aromatic rings. The Morgan fingerprint density at radius 1 is 0.947 bits per heavy atom. The standard InChI is InChI=1S/C17H32N2/c1-17(2)10-9-14(18)16(12-17)19-11-5-7-13-6-3-4-8-15(13)19/h13-16H,3-12,18H2,1-2H3/t13-,14?,15-,16?/m1/s1. The molecule has 2 nitrogen and oxygen atoms in total. The zero-order valence-electron chi connectivity index (χ0n) is 12.9. The third-order valence-corrected chi connectivity index (χ3v) is 6.12. The van der Waals surface area contributed by atoms with Crippen molar-refractivity contribution in [3.63, 3.8) is 0 Å². The zero-order chi connectivity index (χ0) is 13.5. The van der Waals surface area contributed by atoms with Gasteiger partial charge < -0.3 is 5.73 Å². The lowest BCUT2D eigenvalue weighted by atomic mass is 9.70. The van der Waals surface area contributed by atoms with Crippen molar-refractivity contribution in [3.8, 4) is 0 Å². The van der Waals surface area contributed by atoms with Gasteiger partial charge in [0, 0.05) is 18.1 Å². The molecule has 0 bridgehead atoms. The number of likely N-dealkylation sites (tertiary alicyclic amines) is 1. The summed E-state index contributed by atoms with van der Waals surface area (Å²) in [6, 6.07) is 1.95. The molecule has 2 aliphatic carbocycles. The predicted octanol–water partition coefficient (Wildman–Crippen LogP) is 3.55. The van der Waals surface area contributed by atoms with Crippen molar-refractivity contribution in [3.05, 3.63) is 0 Å². The van der Waals surface area contributed by atoms with Gasteiger partial charge in [0.2, 0.25) is 0 Å². The van der Waals surface area contributed by atoms with Gasteiger partial charge in [-0.3, -0.25) is 4.90 Å². The first kappa shape index (κ1) is 13.9.